The van der Waals surface area contributed by atoms with Gasteiger partial charge in [-0.2, -0.15) is 0 Å². The Labute approximate surface area is 46.9 Å². The van der Waals surface area contributed by atoms with E-state index in [0.29, 0.717) is 11.2 Å². The highest BCUT2D eigenvalue weighted by molar-refractivity contribution is 6.17. The number of hydroxylamine groups is 1. The number of halogens is 1. The molecule has 0 fully saturated rings. The van der Waals surface area contributed by atoms with Crippen molar-refractivity contribution in [2.45, 2.75) is 6.92 Å². The number of hydrogen-bond donors (Lipinski definition) is 0. The summed E-state index contributed by atoms with van der Waals surface area (Å²) in [5.41, 5.74) is 0. The molecule has 0 atom stereocenters. The fraction of sp³-hybridized carbons (Fsp3) is 0.667. The average Bonchev–Trinajstić information content (AvgIpc) is 1.68. The minimum absolute atomic E-state index is 0.374. The molecule has 0 aliphatic carbocycles. The molecule has 0 spiro atoms. The molecular formula is C3H5ClNO2. The first-order valence-electron chi connectivity index (χ1n) is 1.78. The molecule has 0 aromatic carbocycles. The summed E-state index contributed by atoms with van der Waals surface area (Å²) in [6, 6.07) is 0. The van der Waals surface area contributed by atoms with Gasteiger partial charge in [0.25, 0.3) is 0 Å². The summed E-state index contributed by atoms with van der Waals surface area (Å²) < 4.78 is 0.472. The topological polar surface area (TPSA) is 29.5 Å². The molecular weight excluding hydrogens is 117 g/mol. The van der Waals surface area contributed by atoms with Crippen LogP contribution in [0.25, 0.3) is 0 Å². The molecule has 0 aromatic rings. The standard InChI is InChI=1S/C3H5ClNO2/c1-2-7-5(4)3-6/h2H2,1H3. The second-order valence-electron chi connectivity index (χ2n) is 0.754. The SMILES string of the molecule is CCON(Cl)[C]=O. The van der Waals surface area contributed by atoms with E-state index in [1.165, 1.54) is 6.41 Å². The van der Waals surface area contributed by atoms with Crippen molar-refractivity contribution in [1.82, 2.24) is 4.58 Å². The Morgan fingerprint density at radius 2 is 2.57 bits per heavy atom. The lowest BCUT2D eigenvalue weighted by molar-refractivity contribution is -0.0205. The Morgan fingerprint density at radius 3 is 2.71 bits per heavy atom. The van der Waals surface area contributed by atoms with Gasteiger partial charge in [-0.15, -0.1) is 4.58 Å². The lowest BCUT2D eigenvalue weighted by Crippen LogP contribution is -2.08. The van der Waals surface area contributed by atoms with E-state index >= 15 is 0 Å². The van der Waals surface area contributed by atoms with Crippen molar-refractivity contribution in [3.05, 3.63) is 0 Å². The van der Waals surface area contributed by atoms with E-state index in [1.54, 1.807) is 6.92 Å². The van der Waals surface area contributed by atoms with Crippen molar-refractivity contribution in [2.75, 3.05) is 6.61 Å². The van der Waals surface area contributed by atoms with Crippen molar-refractivity contribution >= 4 is 18.2 Å². The van der Waals surface area contributed by atoms with Crippen LogP contribution in [-0.4, -0.2) is 17.6 Å². The van der Waals surface area contributed by atoms with Crippen LogP contribution in [0.2, 0.25) is 0 Å². The lowest BCUT2D eigenvalue weighted by atomic mass is 10.9. The maximum atomic E-state index is 9.44. The quantitative estimate of drug-likeness (QED) is 0.309. The molecule has 0 N–H and O–H groups in total. The van der Waals surface area contributed by atoms with Crippen LogP contribution < -0.4 is 0 Å². The zero-order valence-electron chi connectivity index (χ0n) is 3.85. The number of nitrogens with zero attached hydrogens (tertiary/aromatic N) is 1. The molecule has 0 unspecified atom stereocenters. The van der Waals surface area contributed by atoms with Crippen molar-refractivity contribution in [1.29, 1.82) is 0 Å². The van der Waals surface area contributed by atoms with Gasteiger partial charge in [0, 0.05) is 11.8 Å². The average molecular weight is 123 g/mol. The summed E-state index contributed by atoms with van der Waals surface area (Å²) in [5, 5.41) is 0. The van der Waals surface area contributed by atoms with Gasteiger partial charge >= 0.3 is 6.41 Å². The zero-order valence-corrected chi connectivity index (χ0v) is 4.60. The Balaban J connectivity index is 2.98. The predicted octanol–water partition coefficient (Wildman–Crippen LogP) is 0.461. The minimum Gasteiger partial charge on any atom is -0.259 e. The number of rotatable bonds is 3. The van der Waals surface area contributed by atoms with E-state index in [-0.39, 0.29) is 0 Å². The second kappa shape index (κ2) is 3.89. The van der Waals surface area contributed by atoms with Crippen LogP contribution in [0.5, 0.6) is 0 Å². The first-order chi connectivity index (χ1) is 3.31. The fourth-order valence-corrected chi connectivity index (χ4v) is 0.237. The van der Waals surface area contributed by atoms with Crippen LogP contribution in [0.4, 0.5) is 0 Å². The van der Waals surface area contributed by atoms with Gasteiger partial charge in [-0.25, -0.2) is 0 Å². The number of carbonyl (C=O) groups excluding carboxylic acids is 1. The van der Waals surface area contributed by atoms with Gasteiger partial charge < -0.3 is 0 Å². The van der Waals surface area contributed by atoms with E-state index in [2.05, 4.69) is 4.84 Å². The molecule has 0 heterocycles. The van der Waals surface area contributed by atoms with Crippen LogP contribution in [0.15, 0.2) is 0 Å². The highest BCUT2D eigenvalue weighted by Gasteiger charge is 1.90. The van der Waals surface area contributed by atoms with Gasteiger partial charge in [0.15, 0.2) is 0 Å². The smallest absolute Gasteiger partial charge is 0.259 e. The van der Waals surface area contributed by atoms with E-state index in [0.717, 1.165) is 0 Å². The van der Waals surface area contributed by atoms with Gasteiger partial charge in [-0.1, -0.05) is 0 Å². The van der Waals surface area contributed by atoms with Crippen molar-refractivity contribution < 1.29 is 9.63 Å². The molecule has 1 amide bonds. The normalized spacial score (nSPS) is 8.29. The molecule has 3 nitrogen and oxygen atoms in total. The first-order valence-corrected chi connectivity index (χ1v) is 2.11. The molecule has 0 aliphatic rings. The summed E-state index contributed by atoms with van der Waals surface area (Å²) in [5.74, 6) is 0. The van der Waals surface area contributed by atoms with Crippen LogP contribution in [0.1, 0.15) is 6.92 Å². The summed E-state index contributed by atoms with van der Waals surface area (Å²) in [4.78, 5) is 13.8. The third-order valence-corrected chi connectivity index (χ3v) is 0.481. The Bertz CT molecular complexity index is 58.9. The molecule has 0 rings (SSSR count). The molecule has 0 saturated heterocycles. The highest BCUT2D eigenvalue weighted by Crippen LogP contribution is 1.86. The molecule has 7 heavy (non-hydrogen) atoms. The van der Waals surface area contributed by atoms with Crippen LogP contribution in [0, 0.1) is 0 Å². The van der Waals surface area contributed by atoms with E-state index in [1.807, 2.05) is 0 Å². The Kier molecular flexibility index (Phi) is 3.74. The third-order valence-electron chi connectivity index (χ3n) is 0.314. The summed E-state index contributed by atoms with van der Waals surface area (Å²) in [6.07, 6.45) is 1.29. The van der Waals surface area contributed by atoms with Gasteiger partial charge in [-0.05, 0) is 6.92 Å². The third kappa shape index (κ3) is 3.55. The maximum absolute atomic E-state index is 9.44. The lowest BCUT2D eigenvalue weighted by Gasteiger charge is -2.00. The first kappa shape index (κ1) is 6.72. The molecule has 0 bridgehead atoms. The predicted molar refractivity (Wildman–Crippen MR) is 25.0 cm³/mol. The van der Waals surface area contributed by atoms with Gasteiger partial charge in [0.1, 0.15) is 0 Å². The molecule has 4 heteroatoms. The van der Waals surface area contributed by atoms with Gasteiger partial charge in [-0.3, -0.25) is 9.63 Å². The highest BCUT2D eigenvalue weighted by atomic mass is 35.5. The van der Waals surface area contributed by atoms with Gasteiger partial charge in [0.05, 0.1) is 6.61 Å². The van der Waals surface area contributed by atoms with Crippen molar-refractivity contribution in [3.8, 4) is 0 Å². The Morgan fingerprint density at radius 1 is 2.00 bits per heavy atom. The zero-order chi connectivity index (χ0) is 5.70. The Hall–Kier alpha value is -0.280. The summed E-state index contributed by atoms with van der Waals surface area (Å²) in [6.45, 7) is 2.09. The largest absolute Gasteiger partial charge is 0.354 e. The van der Waals surface area contributed by atoms with Crippen LogP contribution in [0.3, 0.4) is 0 Å². The van der Waals surface area contributed by atoms with Gasteiger partial charge in [0.2, 0.25) is 0 Å². The monoisotopic (exact) mass is 122 g/mol. The van der Waals surface area contributed by atoms with E-state index < -0.39 is 0 Å². The van der Waals surface area contributed by atoms with E-state index in [4.69, 9.17) is 11.8 Å². The molecule has 1 radical (unpaired) electrons. The van der Waals surface area contributed by atoms with Crippen LogP contribution in [-0.2, 0) is 9.63 Å². The maximum Gasteiger partial charge on any atom is 0.354 e. The molecule has 0 aliphatic heterocycles. The number of amides is 1. The second-order valence-corrected chi connectivity index (χ2v) is 1.06. The minimum atomic E-state index is 0.374. The molecule has 0 saturated carbocycles. The van der Waals surface area contributed by atoms with Crippen molar-refractivity contribution in [2.24, 2.45) is 0 Å². The number of hydrogen-bond acceptors (Lipinski definition) is 2. The van der Waals surface area contributed by atoms with E-state index in [9.17, 15) is 4.79 Å². The van der Waals surface area contributed by atoms with Crippen molar-refractivity contribution in [3.63, 3.8) is 0 Å². The fourth-order valence-electron chi connectivity index (χ4n) is 0.140. The van der Waals surface area contributed by atoms with Crippen LogP contribution >= 0.6 is 11.8 Å². The summed E-state index contributed by atoms with van der Waals surface area (Å²) in [7, 11) is 0. The molecule has 0 aromatic heterocycles. The molecule has 41 valence electrons. The summed E-state index contributed by atoms with van der Waals surface area (Å²) >= 11 is 4.95.